The van der Waals surface area contributed by atoms with E-state index in [1.165, 1.54) is 0 Å². The van der Waals surface area contributed by atoms with E-state index in [1.54, 1.807) is 0 Å². The third-order valence-electron chi connectivity index (χ3n) is 1.94. The highest BCUT2D eigenvalue weighted by Crippen LogP contribution is 1.98. The van der Waals surface area contributed by atoms with Gasteiger partial charge in [0.15, 0.2) is 0 Å². The smallest absolute Gasteiger partial charge is 0.234 e. The van der Waals surface area contributed by atoms with Gasteiger partial charge in [-0.05, 0) is 18.7 Å². The summed E-state index contributed by atoms with van der Waals surface area (Å²) in [5, 5.41) is 2.92. The number of likely N-dealkylation sites (N-methyl/N-ethyl adjacent to an activating group) is 1. The molecule has 0 saturated carbocycles. The highest BCUT2D eigenvalue weighted by Gasteiger charge is 2.05. The zero-order valence-electron chi connectivity index (χ0n) is 10.4. The fourth-order valence-corrected chi connectivity index (χ4v) is 1.79. The number of hydrogen-bond acceptors (Lipinski definition) is 3. The second-order valence-corrected chi connectivity index (χ2v) is 5.53. The Balaban J connectivity index is 3.49. The Bertz CT molecular complexity index is 174. The van der Waals surface area contributed by atoms with Crippen LogP contribution in [-0.2, 0) is 4.79 Å². The predicted octanol–water partition coefficient (Wildman–Crippen LogP) is 1.44. The van der Waals surface area contributed by atoms with Crippen LogP contribution in [0.3, 0.4) is 0 Å². The second-order valence-electron chi connectivity index (χ2n) is 4.13. The molecule has 0 heterocycles. The van der Waals surface area contributed by atoms with Crippen molar-refractivity contribution in [3.63, 3.8) is 0 Å². The normalized spacial score (nSPS) is 11.1. The van der Waals surface area contributed by atoms with Gasteiger partial charge in [-0.3, -0.25) is 9.69 Å². The van der Waals surface area contributed by atoms with Crippen molar-refractivity contribution in [3.05, 3.63) is 0 Å². The first kappa shape index (κ1) is 14.8. The zero-order chi connectivity index (χ0) is 11.7. The number of nitrogens with one attached hydrogen (secondary N) is 1. The maximum atomic E-state index is 11.4. The van der Waals surface area contributed by atoms with Gasteiger partial charge < -0.3 is 5.32 Å². The van der Waals surface area contributed by atoms with Crippen LogP contribution in [0.2, 0.25) is 0 Å². The molecule has 0 aromatic rings. The average Bonchev–Trinajstić information content (AvgIpc) is 2.15. The molecular weight excluding hydrogens is 208 g/mol. The molecule has 0 radical (unpaired) electrons. The third kappa shape index (κ3) is 10.1. The summed E-state index contributed by atoms with van der Waals surface area (Å²) in [4.78, 5) is 13.5. The van der Waals surface area contributed by atoms with E-state index in [-0.39, 0.29) is 5.91 Å². The van der Waals surface area contributed by atoms with Gasteiger partial charge in [-0.15, -0.1) is 0 Å². The fourth-order valence-electron chi connectivity index (χ4n) is 1.06. The molecule has 0 spiro atoms. The lowest BCUT2D eigenvalue weighted by atomic mass is 10.2. The standard InChI is InChI=1S/C11H24N2OS/c1-5-15-7-6-13(4)9-11(14)12-8-10(2)3/h10H,5-9H2,1-4H3,(H,12,14). The van der Waals surface area contributed by atoms with E-state index in [1.807, 2.05) is 18.8 Å². The molecule has 0 atom stereocenters. The van der Waals surface area contributed by atoms with Gasteiger partial charge in [0.25, 0.3) is 0 Å². The molecule has 0 aromatic heterocycles. The Morgan fingerprint density at radius 1 is 1.47 bits per heavy atom. The number of nitrogens with zero attached hydrogens (tertiary/aromatic N) is 1. The highest BCUT2D eigenvalue weighted by atomic mass is 32.2. The number of amides is 1. The van der Waals surface area contributed by atoms with Crippen LogP contribution in [0.1, 0.15) is 20.8 Å². The highest BCUT2D eigenvalue weighted by molar-refractivity contribution is 7.99. The lowest BCUT2D eigenvalue weighted by molar-refractivity contribution is -0.122. The van der Waals surface area contributed by atoms with Crippen LogP contribution < -0.4 is 5.32 Å². The second kappa shape index (κ2) is 9.04. The number of rotatable bonds is 8. The number of carbonyl (C=O) groups excluding carboxylic acids is 1. The van der Waals surface area contributed by atoms with Crippen LogP contribution in [0.25, 0.3) is 0 Å². The molecule has 15 heavy (non-hydrogen) atoms. The van der Waals surface area contributed by atoms with E-state index in [2.05, 4.69) is 31.0 Å². The van der Waals surface area contributed by atoms with Crippen LogP contribution >= 0.6 is 11.8 Å². The first-order chi connectivity index (χ1) is 7.06. The zero-order valence-corrected chi connectivity index (χ0v) is 11.2. The maximum absolute atomic E-state index is 11.4. The molecular formula is C11H24N2OS. The van der Waals surface area contributed by atoms with Gasteiger partial charge in [-0.25, -0.2) is 0 Å². The summed E-state index contributed by atoms with van der Waals surface area (Å²) >= 11 is 1.91. The molecule has 1 amide bonds. The third-order valence-corrected chi connectivity index (χ3v) is 2.82. The first-order valence-corrected chi connectivity index (χ1v) is 6.74. The van der Waals surface area contributed by atoms with Crippen molar-refractivity contribution < 1.29 is 4.79 Å². The Morgan fingerprint density at radius 3 is 2.67 bits per heavy atom. The van der Waals surface area contributed by atoms with Crippen LogP contribution in [-0.4, -0.2) is 49.0 Å². The quantitative estimate of drug-likeness (QED) is 0.643. The van der Waals surface area contributed by atoms with Gasteiger partial charge in [-0.2, -0.15) is 11.8 Å². The molecule has 0 rings (SSSR count). The van der Waals surface area contributed by atoms with Crippen molar-refractivity contribution in [2.24, 2.45) is 5.92 Å². The summed E-state index contributed by atoms with van der Waals surface area (Å²) in [6.07, 6.45) is 0. The summed E-state index contributed by atoms with van der Waals surface area (Å²) in [5.41, 5.74) is 0. The lowest BCUT2D eigenvalue weighted by Crippen LogP contribution is -2.37. The van der Waals surface area contributed by atoms with Crippen molar-refractivity contribution in [1.82, 2.24) is 10.2 Å². The van der Waals surface area contributed by atoms with E-state index in [0.29, 0.717) is 12.5 Å². The topological polar surface area (TPSA) is 32.3 Å². The summed E-state index contributed by atoms with van der Waals surface area (Å²) in [5.74, 6) is 2.90. The minimum absolute atomic E-state index is 0.132. The van der Waals surface area contributed by atoms with Crippen LogP contribution in [0.5, 0.6) is 0 Å². The van der Waals surface area contributed by atoms with Crippen molar-refractivity contribution >= 4 is 17.7 Å². The minimum Gasteiger partial charge on any atom is -0.355 e. The molecule has 3 nitrogen and oxygen atoms in total. The van der Waals surface area contributed by atoms with Gasteiger partial charge in [0.1, 0.15) is 0 Å². The van der Waals surface area contributed by atoms with Crippen LogP contribution in [0.15, 0.2) is 0 Å². The molecule has 0 fully saturated rings. The van der Waals surface area contributed by atoms with Gasteiger partial charge in [0.05, 0.1) is 6.54 Å². The Morgan fingerprint density at radius 2 is 2.13 bits per heavy atom. The van der Waals surface area contributed by atoms with E-state index in [4.69, 9.17) is 0 Å². The number of carbonyl (C=O) groups is 1. The van der Waals surface area contributed by atoms with E-state index >= 15 is 0 Å². The first-order valence-electron chi connectivity index (χ1n) is 5.59. The molecule has 90 valence electrons. The van der Waals surface area contributed by atoms with Crippen molar-refractivity contribution in [1.29, 1.82) is 0 Å². The van der Waals surface area contributed by atoms with Crippen molar-refractivity contribution in [3.8, 4) is 0 Å². The largest absolute Gasteiger partial charge is 0.355 e. The summed E-state index contributed by atoms with van der Waals surface area (Å²) in [6, 6.07) is 0. The average molecular weight is 232 g/mol. The van der Waals surface area contributed by atoms with E-state index in [0.717, 1.165) is 24.6 Å². The Kier molecular flexibility index (Phi) is 8.91. The van der Waals surface area contributed by atoms with Gasteiger partial charge >= 0.3 is 0 Å². The van der Waals surface area contributed by atoms with Crippen LogP contribution in [0.4, 0.5) is 0 Å². The minimum atomic E-state index is 0.132. The molecule has 0 aliphatic rings. The SMILES string of the molecule is CCSCCN(C)CC(=O)NCC(C)C. The fraction of sp³-hybridized carbons (Fsp3) is 0.909. The molecule has 0 unspecified atom stereocenters. The molecule has 4 heteroatoms. The van der Waals surface area contributed by atoms with Crippen LogP contribution in [0, 0.1) is 5.92 Å². The molecule has 0 bridgehead atoms. The molecule has 0 aromatic carbocycles. The summed E-state index contributed by atoms with van der Waals surface area (Å²) in [6.45, 7) is 8.62. The van der Waals surface area contributed by atoms with Gasteiger partial charge in [0.2, 0.25) is 5.91 Å². The Hall–Kier alpha value is -0.220. The maximum Gasteiger partial charge on any atom is 0.234 e. The van der Waals surface area contributed by atoms with Crippen molar-refractivity contribution in [2.75, 3.05) is 38.2 Å². The Labute approximate surface area is 98.0 Å². The number of thioether (sulfide) groups is 1. The molecule has 1 N–H and O–H groups in total. The summed E-state index contributed by atoms with van der Waals surface area (Å²) in [7, 11) is 1.99. The van der Waals surface area contributed by atoms with Gasteiger partial charge in [-0.1, -0.05) is 20.8 Å². The van der Waals surface area contributed by atoms with E-state index in [9.17, 15) is 4.79 Å². The van der Waals surface area contributed by atoms with Crippen molar-refractivity contribution in [2.45, 2.75) is 20.8 Å². The molecule has 0 saturated heterocycles. The lowest BCUT2D eigenvalue weighted by Gasteiger charge is -2.16. The predicted molar refractivity (Wildman–Crippen MR) is 68.3 cm³/mol. The summed E-state index contributed by atoms with van der Waals surface area (Å²) < 4.78 is 0. The monoisotopic (exact) mass is 232 g/mol. The molecule has 0 aliphatic carbocycles. The van der Waals surface area contributed by atoms with E-state index < -0.39 is 0 Å². The van der Waals surface area contributed by atoms with Gasteiger partial charge in [0, 0.05) is 18.8 Å². The number of hydrogen-bond donors (Lipinski definition) is 1. The molecule has 0 aliphatic heterocycles.